The van der Waals surface area contributed by atoms with Gasteiger partial charge in [-0.05, 0) is 24.1 Å². The fourth-order valence-corrected chi connectivity index (χ4v) is 1.49. The van der Waals surface area contributed by atoms with E-state index in [1.165, 1.54) is 0 Å². The molecule has 0 spiro atoms. The van der Waals surface area contributed by atoms with E-state index in [0.717, 1.165) is 12.2 Å². The van der Waals surface area contributed by atoms with Crippen LogP contribution < -0.4 is 10.1 Å². The lowest BCUT2D eigenvalue weighted by molar-refractivity contribution is -0.139. The summed E-state index contributed by atoms with van der Waals surface area (Å²) in [4.78, 5) is 11.1. The summed E-state index contributed by atoms with van der Waals surface area (Å²) in [6, 6.07) is 6.19. The van der Waals surface area contributed by atoms with E-state index in [1.807, 2.05) is 6.92 Å². The molecule has 0 saturated heterocycles. The second kappa shape index (κ2) is 7.36. The fraction of sp³-hybridized carbons (Fsp3) is 0.357. The van der Waals surface area contributed by atoms with Crippen LogP contribution in [0.3, 0.4) is 0 Å². The van der Waals surface area contributed by atoms with Gasteiger partial charge < -0.3 is 9.84 Å². The van der Waals surface area contributed by atoms with Crippen LogP contribution in [0.25, 0.3) is 0 Å². The third kappa shape index (κ3) is 4.11. The Balaban J connectivity index is 2.74. The van der Waals surface area contributed by atoms with E-state index in [4.69, 9.17) is 16.3 Å². The van der Waals surface area contributed by atoms with E-state index in [-0.39, 0.29) is 6.54 Å². The van der Waals surface area contributed by atoms with Crippen molar-refractivity contribution < 1.29 is 14.6 Å². The highest BCUT2D eigenvalue weighted by atomic mass is 16.5. The first-order valence-electron chi connectivity index (χ1n) is 5.81. The highest BCUT2D eigenvalue weighted by molar-refractivity contribution is 5.75. The molecule has 0 radical (unpaired) electrons. The van der Waals surface area contributed by atoms with Gasteiger partial charge in [-0.1, -0.05) is 25.0 Å². The zero-order valence-electron chi connectivity index (χ0n) is 10.3. The molecule has 1 aromatic rings. The zero-order valence-corrected chi connectivity index (χ0v) is 10.3. The Morgan fingerprint density at radius 3 is 2.67 bits per heavy atom. The number of nitrogens with one attached hydrogen (secondary N) is 1. The summed E-state index contributed by atoms with van der Waals surface area (Å²) in [5.74, 6) is 2.15. The average molecular weight is 247 g/mol. The van der Waals surface area contributed by atoms with Crippen molar-refractivity contribution in [1.29, 1.82) is 0 Å². The molecule has 1 aromatic carbocycles. The third-order valence-electron chi connectivity index (χ3n) is 2.34. The van der Waals surface area contributed by atoms with Crippen molar-refractivity contribution in [2.75, 3.05) is 13.2 Å². The summed E-state index contributed by atoms with van der Waals surface area (Å²) >= 11 is 0. The number of rotatable bonds is 7. The molecule has 0 fully saturated rings. The Kier molecular flexibility index (Phi) is 5.75. The Hall–Kier alpha value is -1.99. The Bertz CT molecular complexity index is 420. The van der Waals surface area contributed by atoms with E-state index in [0.29, 0.717) is 12.2 Å². The number of aliphatic carboxylic acids is 1. The van der Waals surface area contributed by atoms with Gasteiger partial charge in [-0.2, -0.15) is 0 Å². The molecule has 2 N–H and O–H groups in total. The molecule has 1 rings (SSSR count). The highest BCUT2D eigenvalue weighted by Gasteiger charge is 2.18. The number of terminal acetylenes is 1. The van der Waals surface area contributed by atoms with Crippen LogP contribution in [0.5, 0.6) is 5.75 Å². The van der Waals surface area contributed by atoms with Gasteiger partial charge in [-0.3, -0.25) is 10.1 Å². The molecular weight excluding hydrogens is 230 g/mol. The topological polar surface area (TPSA) is 58.6 Å². The summed E-state index contributed by atoms with van der Waals surface area (Å²) in [7, 11) is 0. The maximum atomic E-state index is 11.1. The predicted molar refractivity (Wildman–Crippen MR) is 69.4 cm³/mol. The Morgan fingerprint density at radius 2 is 2.17 bits per heavy atom. The minimum Gasteiger partial charge on any atom is -0.494 e. The first-order valence-corrected chi connectivity index (χ1v) is 5.81. The van der Waals surface area contributed by atoms with Crippen molar-refractivity contribution in [3.8, 4) is 18.1 Å². The van der Waals surface area contributed by atoms with Gasteiger partial charge in [0, 0.05) is 0 Å². The molecule has 0 aliphatic carbocycles. The molecule has 0 bridgehead atoms. The number of benzene rings is 1. The summed E-state index contributed by atoms with van der Waals surface area (Å²) in [6.45, 7) is 2.89. The molecule has 0 saturated carbocycles. The molecule has 0 heterocycles. The van der Waals surface area contributed by atoms with E-state index >= 15 is 0 Å². The van der Waals surface area contributed by atoms with Crippen LogP contribution in [0, 0.1) is 12.3 Å². The van der Waals surface area contributed by atoms with Crippen LogP contribution in [0.1, 0.15) is 24.9 Å². The van der Waals surface area contributed by atoms with Crippen LogP contribution >= 0.6 is 0 Å². The maximum Gasteiger partial charge on any atom is 0.325 e. The molecule has 4 nitrogen and oxygen atoms in total. The van der Waals surface area contributed by atoms with Crippen LogP contribution in [0.2, 0.25) is 0 Å². The molecular formula is C14H17NO3. The summed E-state index contributed by atoms with van der Waals surface area (Å²) in [6.07, 6.45) is 6.04. The van der Waals surface area contributed by atoms with Gasteiger partial charge >= 0.3 is 5.97 Å². The summed E-state index contributed by atoms with van der Waals surface area (Å²) < 4.78 is 5.43. The van der Waals surface area contributed by atoms with E-state index < -0.39 is 12.0 Å². The molecule has 1 atom stereocenters. The minimum absolute atomic E-state index is 0.213. The van der Waals surface area contributed by atoms with E-state index in [9.17, 15) is 4.79 Å². The smallest absolute Gasteiger partial charge is 0.325 e. The molecule has 0 aromatic heterocycles. The standard InChI is InChI=1S/C14H17NO3/c1-3-9-15-13(14(16)17)11-5-7-12(8-6-11)18-10-4-2/h1,5-8,13,15H,4,9-10H2,2H3,(H,16,17). The van der Waals surface area contributed by atoms with E-state index in [2.05, 4.69) is 11.2 Å². The Labute approximate surface area is 107 Å². The third-order valence-corrected chi connectivity index (χ3v) is 2.34. The van der Waals surface area contributed by atoms with Crippen molar-refractivity contribution in [2.45, 2.75) is 19.4 Å². The lowest BCUT2D eigenvalue weighted by atomic mass is 10.1. The van der Waals surface area contributed by atoms with Gasteiger partial charge in [-0.15, -0.1) is 6.42 Å². The monoisotopic (exact) mass is 247 g/mol. The van der Waals surface area contributed by atoms with Gasteiger partial charge in [0.05, 0.1) is 13.2 Å². The molecule has 18 heavy (non-hydrogen) atoms. The lowest BCUT2D eigenvalue weighted by Crippen LogP contribution is -2.28. The van der Waals surface area contributed by atoms with E-state index in [1.54, 1.807) is 24.3 Å². The van der Waals surface area contributed by atoms with Crippen molar-refractivity contribution >= 4 is 5.97 Å². The molecule has 4 heteroatoms. The van der Waals surface area contributed by atoms with Crippen molar-refractivity contribution in [1.82, 2.24) is 5.32 Å². The van der Waals surface area contributed by atoms with Crippen LogP contribution in [-0.4, -0.2) is 24.2 Å². The van der Waals surface area contributed by atoms with Crippen molar-refractivity contribution in [2.24, 2.45) is 0 Å². The molecule has 0 aliphatic heterocycles. The second-order valence-corrected chi connectivity index (χ2v) is 3.77. The second-order valence-electron chi connectivity index (χ2n) is 3.77. The first-order chi connectivity index (χ1) is 8.69. The Morgan fingerprint density at radius 1 is 1.50 bits per heavy atom. The molecule has 0 aliphatic rings. The highest BCUT2D eigenvalue weighted by Crippen LogP contribution is 2.18. The van der Waals surface area contributed by atoms with Gasteiger partial charge in [-0.25, -0.2) is 0 Å². The number of carbonyl (C=O) groups is 1. The average Bonchev–Trinajstić information content (AvgIpc) is 2.38. The number of carboxylic acids is 1. The summed E-state index contributed by atoms with van der Waals surface area (Å²) in [5, 5.41) is 11.9. The molecule has 96 valence electrons. The van der Waals surface area contributed by atoms with Crippen LogP contribution in [0.15, 0.2) is 24.3 Å². The first kappa shape index (κ1) is 14.1. The lowest BCUT2D eigenvalue weighted by Gasteiger charge is -2.13. The fourth-order valence-electron chi connectivity index (χ4n) is 1.49. The normalized spacial score (nSPS) is 11.6. The zero-order chi connectivity index (χ0) is 13.4. The predicted octanol–water partition coefficient (Wildman–Crippen LogP) is 1.82. The van der Waals surface area contributed by atoms with Crippen molar-refractivity contribution in [3.05, 3.63) is 29.8 Å². The SMILES string of the molecule is C#CCNC(C(=O)O)c1ccc(OCCC)cc1. The van der Waals surface area contributed by atoms with Gasteiger partial charge in [0.2, 0.25) is 0 Å². The largest absolute Gasteiger partial charge is 0.494 e. The quantitative estimate of drug-likeness (QED) is 0.722. The van der Waals surface area contributed by atoms with Crippen LogP contribution in [0.4, 0.5) is 0 Å². The maximum absolute atomic E-state index is 11.1. The number of carboxylic acid groups (broad SMARTS) is 1. The van der Waals surface area contributed by atoms with Crippen LogP contribution in [-0.2, 0) is 4.79 Å². The summed E-state index contributed by atoms with van der Waals surface area (Å²) in [5.41, 5.74) is 0.654. The van der Waals surface area contributed by atoms with Gasteiger partial charge in [0.1, 0.15) is 11.8 Å². The molecule has 0 amide bonds. The van der Waals surface area contributed by atoms with Crippen molar-refractivity contribution in [3.63, 3.8) is 0 Å². The minimum atomic E-state index is -0.951. The number of ether oxygens (including phenoxy) is 1. The van der Waals surface area contributed by atoms with Gasteiger partial charge in [0.25, 0.3) is 0 Å². The molecule has 1 unspecified atom stereocenters. The number of hydrogen-bond acceptors (Lipinski definition) is 3. The number of hydrogen-bond donors (Lipinski definition) is 2. The van der Waals surface area contributed by atoms with Gasteiger partial charge in [0.15, 0.2) is 0 Å².